The predicted octanol–water partition coefficient (Wildman–Crippen LogP) is 1.87. The SMILES string of the molecule is CC1CN(c2ccc([C@@H](C)O)cc2[N+](=O)[O-])CCO1. The van der Waals surface area contributed by atoms with Crippen molar-refractivity contribution in [2.45, 2.75) is 26.1 Å². The first-order valence-corrected chi connectivity index (χ1v) is 6.32. The summed E-state index contributed by atoms with van der Waals surface area (Å²) in [6.45, 7) is 5.38. The minimum absolute atomic E-state index is 0.0347. The van der Waals surface area contributed by atoms with Gasteiger partial charge < -0.3 is 14.7 Å². The molecule has 1 N–H and O–H groups in total. The van der Waals surface area contributed by atoms with E-state index < -0.39 is 11.0 Å². The number of benzene rings is 1. The second-order valence-electron chi connectivity index (χ2n) is 4.81. The monoisotopic (exact) mass is 266 g/mol. The summed E-state index contributed by atoms with van der Waals surface area (Å²) in [5, 5.41) is 20.7. The molecule has 0 aromatic heterocycles. The average Bonchev–Trinajstić information content (AvgIpc) is 2.37. The summed E-state index contributed by atoms with van der Waals surface area (Å²) in [6, 6.07) is 4.88. The Bertz CT molecular complexity index is 476. The molecular formula is C13H18N2O4. The van der Waals surface area contributed by atoms with Crippen molar-refractivity contribution < 1.29 is 14.8 Å². The zero-order valence-corrected chi connectivity index (χ0v) is 11.1. The van der Waals surface area contributed by atoms with Crippen molar-refractivity contribution in [2.75, 3.05) is 24.6 Å². The van der Waals surface area contributed by atoms with E-state index in [1.807, 2.05) is 11.8 Å². The minimum Gasteiger partial charge on any atom is -0.389 e. The number of aliphatic hydroxyl groups excluding tert-OH is 1. The molecule has 1 aliphatic heterocycles. The van der Waals surface area contributed by atoms with Crippen molar-refractivity contribution >= 4 is 11.4 Å². The van der Waals surface area contributed by atoms with Crippen molar-refractivity contribution in [3.63, 3.8) is 0 Å². The Kier molecular flexibility index (Phi) is 4.01. The zero-order valence-electron chi connectivity index (χ0n) is 11.1. The van der Waals surface area contributed by atoms with Crippen molar-refractivity contribution in [1.82, 2.24) is 0 Å². The van der Waals surface area contributed by atoms with E-state index in [0.717, 1.165) is 0 Å². The molecule has 6 heteroatoms. The van der Waals surface area contributed by atoms with Crippen molar-refractivity contribution in [1.29, 1.82) is 0 Å². The number of nitro benzene ring substituents is 1. The summed E-state index contributed by atoms with van der Waals surface area (Å²) in [4.78, 5) is 12.7. The molecule has 104 valence electrons. The molecule has 1 fully saturated rings. The van der Waals surface area contributed by atoms with Gasteiger partial charge in [-0.3, -0.25) is 10.1 Å². The van der Waals surface area contributed by atoms with E-state index >= 15 is 0 Å². The van der Waals surface area contributed by atoms with E-state index in [9.17, 15) is 15.2 Å². The third-order valence-corrected chi connectivity index (χ3v) is 3.26. The number of morpholine rings is 1. The Morgan fingerprint density at radius 2 is 2.32 bits per heavy atom. The fraction of sp³-hybridized carbons (Fsp3) is 0.538. The maximum atomic E-state index is 11.2. The van der Waals surface area contributed by atoms with E-state index in [4.69, 9.17) is 4.74 Å². The lowest BCUT2D eigenvalue weighted by atomic mass is 10.1. The Hall–Kier alpha value is -1.66. The van der Waals surface area contributed by atoms with Crippen LogP contribution in [0.4, 0.5) is 11.4 Å². The highest BCUT2D eigenvalue weighted by molar-refractivity contribution is 5.64. The van der Waals surface area contributed by atoms with Crippen LogP contribution in [0.5, 0.6) is 0 Å². The molecule has 1 saturated heterocycles. The lowest BCUT2D eigenvalue weighted by Crippen LogP contribution is -2.41. The second-order valence-corrected chi connectivity index (χ2v) is 4.81. The number of anilines is 1. The molecule has 1 aromatic rings. The van der Waals surface area contributed by atoms with Gasteiger partial charge in [-0.15, -0.1) is 0 Å². The van der Waals surface area contributed by atoms with Crippen molar-refractivity contribution in [3.8, 4) is 0 Å². The van der Waals surface area contributed by atoms with Gasteiger partial charge in [-0.2, -0.15) is 0 Å². The molecule has 0 radical (unpaired) electrons. The summed E-state index contributed by atoms with van der Waals surface area (Å²) in [7, 11) is 0. The average molecular weight is 266 g/mol. The van der Waals surface area contributed by atoms with Crippen molar-refractivity contribution in [3.05, 3.63) is 33.9 Å². The van der Waals surface area contributed by atoms with Crippen LogP contribution in [0.1, 0.15) is 25.5 Å². The predicted molar refractivity (Wildman–Crippen MR) is 71.4 cm³/mol. The minimum atomic E-state index is -0.712. The number of rotatable bonds is 3. The van der Waals surface area contributed by atoms with Gasteiger partial charge in [0.15, 0.2) is 0 Å². The number of nitro groups is 1. The lowest BCUT2D eigenvalue weighted by molar-refractivity contribution is -0.384. The number of nitrogens with zero attached hydrogens (tertiary/aromatic N) is 2. The molecule has 1 aliphatic rings. The molecule has 1 unspecified atom stereocenters. The molecule has 0 saturated carbocycles. The first kappa shape index (κ1) is 13.8. The van der Waals surface area contributed by atoms with Crippen molar-refractivity contribution in [2.24, 2.45) is 0 Å². The summed E-state index contributed by atoms with van der Waals surface area (Å²) in [5.74, 6) is 0. The van der Waals surface area contributed by atoms with E-state index in [2.05, 4.69) is 0 Å². The van der Waals surface area contributed by atoms with Crippen LogP contribution in [0.2, 0.25) is 0 Å². The topological polar surface area (TPSA) is 75.8 Å². The highest BCUT2D eigenvalue weighted by Gasteiger charge is 2.24. The summed E-state index contributed by atoms with van der Waals surface area (Å²) >= 11 is 0. The highest BCUT2D eigenvalue weighted by Crippen LogP contribution is 2.32. The van der Waals surface area contributed by atoms with Gasteiger partial charge >= 0.3 is 0 Å². The van der Waals surface area contributed by atoms with Gasteiger partial charge in [0.25, 0.3) is 5.69 Å². The van der Waals surface area contributed by atoms with Crippen LogP contribution < -0.4 is 4.90 Å². The molecule has 19 heavy (non-hydrogen) atoms. The maximum absolute atomic E-state index is 11.2. The summed E-state index contributed by atoms with van der Waals surface area (Å²) in [6.07, 6.45) is -0.652. The molecule has 0 bridgehead atoms. The van der Waals surface area contributed by atoms with Gasteiger partial charge in [0.1, 0.15) is 5.69 Å². The smallest absolute Gasteiger partial charge is 0.292 e. The standard InChI is InChI=1S/C13H18N2O4/c1-9-8-14(5-6-19-9)12-4-3-11(10(2)16)7-13(12)15(17)18/h3-4,7,9-10,16H,5-6,8H2,1-2H3/t9?,10-/m1/s1. The maximum Gasteiger partial charge on any atom is 0.292 e. The molecule has 1 aromatic carbocycles. The molecular weight excluding hydrogens is 248 g/mol. The van der Waals surface area contributed by atoms with Gasteiger partial charge in [-0.1, -0.05) is 6.07 Å². The Morgan fingerprint density at radius 1 is 1.58 bits per heavy atom. The van der Waals surface area contributed by atoms with Gasteiger partial charge in [-0.25, -0.2) is 0 Å². The zero-order chi connectivity index (χ0) is 14.0. The third kappa shape index (κ3) is 3.02. The summed E-state index contributed by atoms with van der Waals surface area (Å²) < 4.78 is 5.44. The largest absolute Gasteiger partial charge is 0.389 e. The first-order chi connectivity index (χ1) is 8.99. The van der Waals surface area contributed by atoms with Crippen LogP contribution in [0.15, 0.2) is 18.2 Å². The number of hydrogen-bond acceptors (Lipinski definition) is 5. The Balaban J connectivity index is 2.36. The highest BCUT2D eigenvalue weighted by atomic mass is 16.6. The number of aliphatic hydroxyl groups is 1. The lowest BCUT2D eigenvalue weighted by Gasteiger charge is -2.32. The first-order valence-electron chi connectivity index (χ1n) is 6.32. The number of ether oxygens (including phenoxy) is 1. The molecule has 0 spiro atoms. The molecule has 6 nitrogen and oxygen atoms in total. The number of hydrogen-bond donors (Lipinski definition) is 1. The van der Waals surface area contributed by atoms with Gasteiger partial charge in [-0.05, 0) is 25.5 Å². The third-order valence-electron chi connectivity index (χ3n) is 3.26. The second kappa shape index (κ2) is 5.54. The van der Waals surface area contributed by atoms with E-state index in [1.54, 1.807) is 19.1 Å². The molecule has 2 atom stereocenters. The van der Waals surface area contributed by atoms with Crippen LogP contribution in [-0.4, -0.2) is 35.8 Å². The van der Waals surface area contributed by atoms with E-state index in [1.165, 1.54) is 6.07 Å². The van der Waals surface area contributed by atoms with E-state index in [0.29, 0.717) is 30.9 Å². The molecule has 1 heterocycles. The molecule has 0 amide bonds. The quantitative estimate of drug-likeness (QED) is 0.667. The van der Waals surface area contributed by atoms with Gasteiger partial charge in [0, 0.05) is 19.2 Å². The normalized spacial score (nSPS) is 21.2. The van der Waals surface area contributed by atoms with Gasteiger partial charge in [0.2, 0.25) is 0 Å². The van der Waals surface area contributed by atoms with Crippen LogP contribution in [-0.2, 0) is 4.74 Å². The summed E-state index contributed by atoms with van der Waals surface area (Å²) in [5.41, 5.74) is 1.17. The molecule has 2 rings (SSSR count). The Morgan fingerprint density at radius 3 is 2.89 bits per heavy atom. The fourth-order valence-electron chi connectivity index (χ4n) is 2.25. The molecule has 0 aliphatic carbocycles. The fourth-order valence-corrected chi connectivity index (χ4v) is 2.25. The van der Waals surface area contributed by atoms with Crippen LogP contribution in [0.3, 0.4) is 0 Å². The van der Waals surface area contributed by atoms with Crippen LogP contribution in [0.25, 0.3) is 0 Å². The van der Waals surface area contributed by atoms with Crippen LogP contribution in [0, 0.1) is 10.1 Å². The Labute approximate surface area is 111 Å². The van der Waals surface area contributed by atoms with E-state index in [-0.39, 0.29) is 11.8 Å². The van der Waals surface area contributed by atoms with Crippen LogP contribution >= 0.6 is 0 Å². The van der Waals surface area contributed by atoms with Gasteiger partial charge in [0.05, 0.1) is 23.7 Å².